The van der Waals surface area contributed by atoms with E-state index in [1.54, 1.807) is 0 Å². The smallest absolute Gasteiger partial charge is 0.407 e. The summed E-state index contributed by atoms with van der Waals surface area (Å²) in [5, 5.41) is 2.97. The molecule has 128 valence electrons. The van der Waals surface area contributed by atoms with Gasteiger partial charge in [-0.25, -0.2) is 4.79 Å². The number of hydrogen-bond acceptors (Lipinski definition) is 4. The van der Waals surface area contributed by atoms with Gasteiger partial charge < -0.3 is 20.7 Å². The average Bonchev–Trinajstić information content (AvgIpc) is 2.46. The van der Waals surface area contributed by atoms with Crippen molar-refractivity contribution in [1.82, 2.24) is 10.2 Å². The van der Waals surface area contributed by atoms with Gasteiger partial charge in [0, 0.05) is 31.4 Å². The zero-order valence-corrected chi connectivity index (χ0v) is 14.5. The van der Waals surface area contributed by atoms with Crippen LogP contribution in [0.25, 0.3) is 0 Å². The lowest BCUT2D eigenvalue weighted by atomic mass is 10.0. The Morgan fingerprint density at radius 2 is 1.87 bits per heavy atom. The fraction of sp³-hybridized carbons (Fsp3) is 0.611. The van der Waals surface area contributed by atoms with Crippen LogP contribution in [0, 0.1) is 0 Å². The number of amides is 1. The van der Waals surface area contributed by atoms with Crippen molar-refractivity contribution in [2.24, 2.45) is 0 Å². The Labute approximate surface area is 139 Å². The number of alkyl carbamates (subject to hydrolysis) is 1. The molecule has 0 spiro atoms. The second-order valence-corrected chi connectivity index (χ2v) is 7.25. The van der Waals surface area contributed by atoms with E-state index in [0.29, 0.717) is 0 Å². The molecule has 0 atom stereocenters. The van der Waals surface area contributed by atoms with Gasteiger partial charge in [0.25, 0.3) is 0 Å². The van der Waals surface area contributed by atoms with Crippen LogP contribution in [0.15, 0.2) is 24.3 Å². The van der Waals surface area contributed by atoms with Crippen molar-refractivity contribution >= 4 is 11.8 Å². The van der Waals surface area contributed by atoms with Crippen LogP contribution in [0.3, 0.4) is 0 Å². The highest BCUT2D eigenvalue weighted by Gasteiger charge is 2.23. The van der Waals surface area contributed by atoms with Gasteiger partial charge in [-0.1, -0.05) is 12.1 Å². The molecule has 0 aromatic heterocycles. The van der Waals surface area contributed by atoms with Gasteiger partial charge in [-0.05, 0) is 57.7 Å². The molecule has 2 rings (SSSR count). The number of nitrogens with one attached hydrogen (secondary N) is 1. The molecule has 5 nitrogen and oxygen atoms in total. The lowest BCUT2D eigenvalue weighted by Gasteiger charge is -2.32. The lowest BCUT2D eigenvalue weighted by Crippen LogP contribution is -2.46. The minimum atomic E-state index is -0.441. The first kappa shape index (κ1) is 17.6. The normalized spacial score (nSPS) is 17.0. The van der Waals surface area contributed by atoms with E-state index in [-0.39, 0.29) is 12.1 Å². The van der Waals surface area contributed by atoms with Crippen molar-refractivity contribution in [2.45, 2.75) is 51.7 Å². The molecule has 0 aliphatic carbocycles. The first-order valence-corrected chi connectivity index (χ1v) is 8.38. The Morgan fingerprint density at radius 3 is 2.43 bits per heavy atom. The first-order chi connectivity index (χ1) is 10.8. The number of rotatable bonds is 4. The van der Waals surface area contributed by atoms with Crippen LogP contribution in [0.1, 0.15) is 39.2 Å². The molecule has 3 N–H and O–H groups in total. The van der Waals surface area contributed by atoms with Gasteiger partial charge in [0.15, 0.2) is 0 Å². The van der Waals surface area contributed by atoms with Crippen molar-refractivity contribution in [1.29, 1.82) is 0 Å². The molecule has 1 aromatic carbocycles. The molecule has 1 aromatic rings. The molecule has 1 fully saturated rings. The Bertz CT molecular complexity index is 500. The van der Waals surface area contributed by atoms with E-state index in [9.17, 15) is 4.79 Å². The highest BCUT2D eigenvalue weighted by Crippen LogP contribution is 2.14. The summed E-state index contributed by atoms with van der Waals surface area (Å²) < 4.78 is 5.31. The first-order valence-electron chi connectivity index (χ1n) is 8.38. The predicted octanol–water partition coefficient (Wildman–Crippen LogP) is 2.80. The minimum Gasteiger partial charge on any atom is -0.444 e. The number of benzene rings is 1. The van der Waals surface area contributed by atoms with E-state index >= 15 is 0 Å². The summed E-state index contributed by atoms with van der Waals surface area (Å²) in [5.74, 6) is 0. The monoisotopic (exact) mass is 319 g/mol. The van der Waals surface area contributed by atoms with Crippen molar-refractivity contribution in [2.75, 3.05) is 25.4 Å². The Hall–Kier alpha value is -1.75. The standard InChI is InChI=1S/C18H29N3O2/c1-18(2,3)23-17(22)20-16-9-12-21(13-10-16)11-8-14-4-6-15(19)7-5-14/h4-7,16H,8-13,19H2,1-3H3,(H,20,22). The van der Waals surface area contributed by atoms with E-state index < -0.39 is 5.60 Å². The highest BCUT2D eigenvalue weighted by molar-refractivity contribution is 5.68. The van der Waals surface area contributed by atoms with Crippen LogP contribution in [0.2, 0.25) is 0 Å². The maximum atomic E-state index is 11.8. The number of carbonyl (C=O) groups excluding carboxylic acids is 1. The fourth-order valence-corrected chi connectivity index (χ4v) is 2.75. The van der Waals surface area contributed by atoms with Crippen molar-refractivity contribution in [3.8, 4) is 0 Å². The molecule has 1 amide bonds. The molecule has 1 saturated heterocycles. The summed E-state index contributed by atoms with van der Waals surface area (Å²) in [6.45, 7) is 8.71. The number of carbonyl (C=O) groups is 1. The summed E-state index contributed by atoms with van der Waals surface area (Å²) in [5.41, 5.74) is 7.38. The van der Waals surface area contributed by atoms with Crippen molar-refractivity contribution in [3.05, 3.63) is 29.8 Å². The Balaban J connectivity index is 1.67. The second kappa shape index (κ2) is 7.68. The van der Waals surface area contributed by atoms with Gasteiger partial charge in [0.2, 0.25) is 0 Å². The highest BCUT2D eigenvalue weighted by atomic mass is 16.6. The number of ether oxygens (including phenoxy) is 1. The van der Waals surface area contributed by atoms with Crippen LogP contribution in [0.4, 0.5) is 10.5 Å². The summed E-state index contributed by atoms with van der Waals surface area (Å²) in [7, 11) is 0. The Kier molecular flexibility index (Phi) is 5.88. The van der Waals surface area contributed by atoms with Crippen molar-refractivity contribution in [3.63, 3.8) is 0 Å². The summed E-state index contributed by atoms with van der Waals surface area (Å²) in [4.78, 5) is 14.2. The minimum absolute atomic E-state index is 0.220. The quantitative estimate of drug-likeness (QED) is 0.838. The van der Waals surface area contributed by atoms with E-state index in [2.05, 4.69) is 22.3 Å². The van der Waals surface area contributed by atoms with Crippen LogP contribution in [-0.4, -0.2) is 42.3 Å². The van der Waals surface area contributed by atoms with Gasteiger partial charge in [0.05, 0.1) is 0 Å². The molecular weight excluding hydrogens is 290 g/mol. The molecule has 0 saturated carbocycles. The fourth-order valence-electron chi connectivity index (χ4n) is 2.75. The van der Waals surface area contributed by atoms with Crippen molar-refractivity contribution < 1.29 is 9.53 Å². The molecular formula is C18H29N3O2. The van der Waals surface area contributed by atoms with Gasteiger partial charge in [-0.15, -0.1) is 0 Å². The summed E-state index contributed by atoms with van der Waals surface area (Å²) in [6.07, 6.45) is 2.67. The second-order valence-electron chi connectivity index (χ2n) is 7.25. The van der Waals surface area contributed by atoms with Gasteiger partial charge >= 0.3 is 6.09 Å². The SMILES string of the molecule is CC(C)(C)OC(=O)NC1CCN(CCc2ccc(N)cc2)CC1. The molecule has 1 heterocycles. The molecule has 0 unspecified atom stereocenters. The van der Waals surface area contributed by atoms with Gasteiger partial charge in [-0.2, -0.15) is 0 Å². The third-order valence-electron chi connectivity index (χ3n) is 4.00. The zero-order chi connectivity index (χ0) is 16.9. The van der Waals surface area contributed by atoms with E-state index in [1.165, 1.54) is 5.56 Å². The van der Waals surface area contributed by atoms with Crippen LogP contribution < -0.4 is 11.1 Å². The molecule has 0 bridgehead atoms. The number of nitrogens with zero attached hydrogens (tertiary/aromatic N) is 1. The van der Waals surface area contributed by atoms with Gasteiger partial charge in [0.1, 0.15) is 5.60 Å². The van der Waals surface area contributed by atoms with E-state index in [0.717, 1.165) is 44.6 Å². The molecule has 23 heavy (non-hydrogen) atoms. The van der Waals surface area contributed by atoms with Crippen LogP contribution in [-0.2, 0) is 11.2 Å². The number of nitrogens with two attached hydrogens (primary N) is 1. The zero-order valence-electron chi connectivity index (χ0n) is 14.5. The van der Waals surface area contributed by atoms with Gasteiger partial charge in [-0.3, -0.25) is 0 Å². The lowest BCUT2D eigenvalue weighted by molar-refractivity contribution is 0.0479. The average molecular weight is 319 g/mol. The van der Waals surface area contributed by atoms with E-state index in [4.69, 9.17) is 10.5 Å². The third kappa shape index (κ3) is 6.48. The molecule has 1 aliphatic rings. The number of piperidine rings is 1. The number of nitrogen functional groups attached to an aromatic ring is 1. The molecule has 1 aliphatic heterocycles. The largest absolute Gasteiger partial charge is 0.444 e. The van der Waals surface area contributed by atoms with Crippen LogP contribution >= 0.6 is 0 Å². The summed E-state index contributed by atoms with van der Waals surface area (Å²) >= 11 is 0. The number of hydrogen-bond donors (Lipinski definition) is 2. The van der Waals surface area contributed by atoms with E-state index in [1.807, 2.05) is 32.9 Å². The number of anilines is 1. The van der Waals surface area contributed by atoms with Crippen LogP contribution in [0.5, 0.6) is 0 Å². The predicted molar refractivity (Wildman–Crippen MR) is 93.4 cm³/mol. The Morgan fingerprint density at radius 1 is 1.26 bits per heavy atom. The number of likely N-dealkylation sites (tertiary alicyclic amines) is 1. The molecule has 5 heteroatoms. The maximum Gasteiger partial charge on any atom is 0.407 e. The topological polar surface area (TPSA) is 67.6 Å². The molecule has 0 radical (unpaired) electrons. The third-order valence-corrected chi connectivity index (χ3v) is 4.00. The summed E-state index contributed by atoms with van der Waals surface area (Å²) in [6, 6.07) is 8.30. The maximum absolute atomic E-state index is 11.8.